The average Bonchev–Trinajstić information content (AvgIpc) is 3.16. The molecule has 0 bridgehead atoms. The molecule has 0 spiro atoms. The molecule has 36 heavy (non-hydrogen) atoms. The number of carbonyl (C=O) groups is 4. The van der Waals surface area contributed by atoms with Gasteiger partial charge in [-0.25, -0.2) is 9.59 Å². The Morgan fingerprint density at radius 1 is 1.17 bits per heavy atom. The molecule has 0 saturated carbocycles. The normalized spacial score (nSPS) is 15.7. The number of oxime groups is 1. The van der Waals surface area contributed by atoms with Crippen LogP contribution in [0.15, 0.2) is 29.4 Å². The molecule has 0 unspecified atom stereocenters. The van der Waals surface area contributed by atoms with Crippen molar-refractivity contribution in [3.05, 3.63) is 29.8 Å². The van der Waals surface area contributed by atoms with Crippen LogP contribution in [0.4, 0.5) is 15.3 Å². The highest BCUT2D eigenvalue weighted by Gasteiger charge is 2.33. The van der Waals surface area contributed by atoms with Crippen LogP contribution < -0.4 is 26.6 Å². The Labute approximate surface area is 210 Å². The summed E-state index contributed by atoms with van der Waals surface area (Å²) in [5.41, 5.74) is 7.02. The Balaban J connectivity index is 1.82. The molecule has 1 aromatic carbocycles. The number of rotatable bonds is 11. The molecule has 1 fully saturated rings. The fourth-order valence-corrected chi connectivity index (χ4v) is 3.25. The van der Waals surface area contributed by atoms with Crippen LogP contribution in [0.25, 0.3) is 0 Å². The summed E-state index contributed by atoms with van der Waals surface area (Å²) in [6.45, 7) is 5.08. The third-order valence-electron chi connectivity index (χ3n) is 5.02. The topological polar surface area (TPSA) is 168 Å². The lowest BCUT2D eigenvalue weighted by Gasteiger charge is -2.18. The number of benzene rings is 1. The molecule has 1 saturated heterocycles. The van der Waals surface area contributed by atoms with Crippen molar-refractivity contribution in [1.29, 1.82) is 0 Å². The van der Waals surface area contributed by atoms with Gasteiger partial charge in [0.25, 0.3) is 0 Å². The lowest BCUT2D eigenvalue weighted by Crippen LogP contribution is -2.46. The first kappa shape index (κ1) is 28.4. The van der Waals surface area contributed by atoms with E-state index in [0.717, 1.165) is 0 Å². The first-order valence-electron chi connectivity index (χ1n) is 11.7. The minimum absolute atomic E-state index is 0.00514. The fraction of sp³-hybridized carbons (Fsp3) is 0.522. The van der Waals surface area contributed by atoms with Gasteiger partial charge in [0.1, 0.15) is 6.04 Å². The van der Waals surface area contributed by atoms with Gasteiger partial charge < -0.3 is 36.2 Å². The minimum atomic E-state index is -0.711. The van der Waals surface area contributed by atoms with Gasteiger partial charge in [-0.05, 0) is 58.6 Å². The van der Waals surface area contributed by atoms with Crippen LogP contribution in [0.5, 0.6) is 0 Å². The second kappa shape index (κ2) is 13.9. The largest absolute Gasteiger partial charge is 0.463 e. The predicted molar refractivity (Wildman–Crippen MR) is 133 cm³/mol. The van der Waals surface area contributed by atoms with E-state index in [9.17, 15) is 19.2 Å². The molecule has 1 heterocycles. The van der Waals surface area contributed by atoms with Crippen LogP contribution in [-0.4, -0.2) is 87.2 Å². The molecular formula is C23H35N7O6. The van der Waals surface area contributed by atoms with Crippen molar-refractivity contribution < 1.29 is 28.8 Å². The molecular weight excluding hydrogens is 470 g/mol. The summed E-state index contributed by atoms with van der Waals surface area (Å²) in [6.07, 6.45) is -0.452. The molecule has 1 aromatic rings. The quantitative estimate of drug-likeness (QED) is 0.110. The number of amides is 4. The van der Waals surface area contributed by atoms with Crippen LogP contribution in [0, 0.1) is 0 Å². The first-order valence-corrected chi connectivity index (χ1v) is 11.7. The number of carbonyl (C=O) groups excluding carboxylic acids is 4. The minimum Gasteiger partial charge on any atom is -0.463 e. The lowest BCUT2D eigenvalue weighted by molar-refractivity contribution is -0.147. The first-order chi connectivity index (χ1) is 17.1. The van der Waals surface area contributed by atoms with Crippen molar-refractivity contribution in [1.82, 2.24) is 20.9 Å². The third kappa shape index (κ3) is 9.41. The maximum Gasteiger partial charge on any atom is 0.433 e. The van der Waals surface area contributed by atoms with Crippen molar-refractivity contribution in [2.45, 2.75) is 38.8 Å². The monoisotopic (exact) mass is 505 g/mol. The van der Waals surface area contributed by atoms with Gasteiger partial charge in [0, 0.05) is 37.4 Å². The molecule has 1 aliphatic rings. The summed E-state index contributed by atoms with van der Waals surface area (Å²) in [6, 6.07) is 5.47. The summed E-state index contributed by atoms with van der Waals surface area (Å²) in [7, 11) is 3.76. The SMILES string of the molecule is CC(C)OC(=O)CCNC(=O)N[C@H]1CCN(c2ccc(C(N)=NOC(=O)NCCN(C)C)cc2)C1=O. The van der Waals surface area contributed by atoms with E-state index in [2.05, 4.69) is 21.1 Å². The van der Waals surface area contributed by atoms with E-state index < -0.39 is 24.1 Å². The van der Waals surface area contributed by atoms with Crippen LogP contribution in [-0.2, 0) is 19.2 Å². The molecule has 198 valence electrons. The van der Waals surface area contributed by atoms with Crippen molar-refractivity contribution in [2.24, 2.45) is 10.9 Å². The Morgan fingerprint density at radius 2 is 1.86 bits per heavy atom. The lowest BCUT2D eigenvalue weighted by atomic mass is 10.2. The van der Waals surface area contributed by atoms with E-state index in [0.29, 0.717) is 37.3 Å². The maximum absolute atomic E-state index is 12.8. The van der Waals surface area contributed by atoms with Crippen LogP contribution in [0.1, 0.15) is 32.3 Å². The number of amidine groups is 1. The van der Waals surface area contributed by atoms with Crippen LogP contribution in [0.3, 0.4) is 0 Å². The zero-order valence-corrected chi connectivity index (χ0v) is 21.1. The number of ether oxygens (including phenoxy) is 1. The summed E-state index contributed by atoms with van der Waals surface area (Å²) in [5, 5.41) is 11.4. The van der Waals surface area contributed by atoms with Gasteiger partial charge in [-0.2, -0.15) is 0 Å². The zero-order chi connectivity index (χ0) is 26.7. The van der Waals surface area contributed by atoms with E-state index in [-0.39, 0.29) is 30.8 Å². The zero-order valence-electron chi connectivity index (χ0n) is 21.1. The molecule has 0 radical (unpaired) electrons. The standard InChI is InChI=1S/C23H35N7O6/c1-15(2)35-19(31)9-11-25-22(33)27-18-10-13-30(21(18)32)17-7-5-16(6-8-17)20(24)28-36-23(34)26-12-14-29(3)4/h5-8,15,18H,9-14H2,1-4H3,(H2,24,28)(H,26,34)(H2,25,27,33)/t18-/m0/s1. The molecule has 13 nitrogen and oxygen atoms in total. The second-order valence-corrected chi connectivity index (χ2v) is 8.65. The van der Waals surface area contributed by atoms with Crippen molar-refractivity contribution in [2.75, 3.05) is 45.2 Å². The summed E-state index contributed by atoms with van der Waals surface area (Å²) in [5.74, 6) is -0.653. The summed E-state index contributed by atoms with van der Waals surface area (Å²) in [4.78, 5) is 56.2. The number of nitrogens with zero attached hydrogens (tertiary/aromatic N) is 3. The predicted octanol–water partition coefficient (Wildman–Crippen LogP) is 0.341. The molecule has 1 aliphatic heterocycles. The van der Waals surface area contributed by atoms with E-state index in [1.165, 1.54) is 0 Å². The summed E-state index contributed by atoms with van der Waals surface area (Å²) >= 11 is 0. The average molecular weight is 506 g/mol. The third-order valence-corrected chi connectivity index (χ3v) is 5.02. The number of hydrogen-bond acceptors (Lipinski definition) is 8. The van der Waals surface area contributed by atoms with E-state index >= 15 is 0 Å². The second-order valence-electron chi connectivity index (χ2n) is 8.65. The molecule has 5 N–H and O–H groups in total. The van der Waals surface area contributed by atoms with Crippen molar-refractivity contribution in [3.8, 4) is 0 Å². The highest BCUT2D eigenvalue weighted by Crippen LogP contribution is 2.22. The van der Waals surface area contributed by atoms with Crippen LogP contribution >= 0.6 is 0 Å². The molecule has 0 aliphatic carbocycles. The van der Waals surface area contributed by atoms with E-state index in [4.69, 9.17) is 15.3 Å². The van der Waals surface area contributed by atoms with Gasteiger partial charge in [0.05, 0.1) is 12.5 Å². The summed E-state index contributed by atoms with van der Waals surface area (Å²) < 4.78 is 5.00. The molecule has 4 amide bonds. The molecule has 1 atom stereocenters. The molecule has 13 heteroatoms. The molecule has 0 aromatic heterocycles. The molecule has 2 rings (SSSR count). The Kier molecular flexibility index (Phi) is 10.9. The fourth-order valence-electron chi connectivity index (χ4n) is 3.25. The van der Waals surface area contributed by atoms with E-state index in [1.807, 2.05) is 19.0 Å². The smallest absolute Gasteiger partial charge is 0.433 e. The highest BCUT2D eigenvalue weighted by atomic mass is 16.7. The van der Waals surface area contributed by atoms with Gasteiger partial charge in [-0.1, -0.05) is 5.16 Å². The van der Waals surface area contributed by atoms with Gasteiger partial charge in [0.2, 0.25) is 5.91 Å². The number of esters is 1. The maximum atomic E-state index is 12.8. The van der Waals surface area contributed by atoms with Gasteiger partial charge in [-0.3, -0.25) is 14.4 Å². The number of nitrogens with one attached hydrogen (secondary N) is 3. The van der Waals surface area contributed by atoms with Gasteiger partial charge in [0.15, 0.2) is 5.84 Å². The number of anilines is 1. The Hall–Kier alpha value is -3.87. The van der Waals surface area contributed by atoms with Gasteiger partial charge >= 0.3 is 18.1 Å². The number of likely N-dealkylation sites (N-methyl/N-ethyl adjacent to an activating group) is 1. The van der Waals surface area contributed by atoms with Crippen molar-refractivity contribution in [3.63, 3.8) is 0 Å². The van der Waals surface area contributed by atoms with Crippen molar-refractivity contribution >= 4 is 35.5 Å². The van der Waals surface area contributed by atoms with E-state index in [1.54, 1.807) is 43.0 Å². The Morgan fingerprint density at radius 3 is 2.50 bits per heavy atom. The number of urea groups is 1. The Bertz CT molecular complexity index is 949. The highest BCUT2D eigenvalue weighted by molar-refractivity contribution is 6.02. The van der Waals surface area contributed by atoms with Crippen LogP contribution in [0.2, 0.25) is 0 Å². The number of hydrogen-bond donors (Lipinski definition) is 4. The van der Waals surface area contributed by atoms with Gasteiger partial charge in [-0.15, -0.1) is 0 Å². The number of nitrogens with two attached hydrogens (primary N) is 1.